The highest BCUT2D eigenvalue weighted by Crippen LogP contribution is 2.34. The molecule has 0 bridgehead atoms. The summed E-state index contributed by atoms with van der Waals surface area (Å²) in [6.45, 7) is 3.98. The van der Waals surface area contributed by atoms with E-state index >= 15 is 0 Å². The van der Waals surface area contributed by atoms with E-state index in [2.05, 4.69) is 26.3 Å². The van der Waals surface area contributed by atoms with E-state index < -0.39 is 11.7 Å². The number of hydrogen-bond acceptors (Lipinski definition) is 2. The molecule has 0 saturated heterocycles. The normalized spacial score (nSPS) is 11.9. The van der Waals surface area contributed by atoms with E-state index in [0.717, 1.165) is 17.8 Å². The summed E-state index contributed by atoms with van der Waals surface area (Å²) in [5, 5.41) is 7.19. The molecule has 1 aromatic carbocycles. The standard InChI is InChI=1S/C13H13BrF3N3/c1-8(2)20-7-10(6-18-20)19-12-4-3-9(5-11(12)14)13(15,16)17/h3-8,19H,1-2H3. The van der Waals surface area contributed by atoms with Crippen molar-refractivity contribution in [1.29, 1.82) is 0 Å². The number of alkyl halides is 3. The largest absolute Gasteiger partial charge is 0.416 e. The van der Waals surface area contributed by atoms with E-state index in [-0.39, 0.29) is 6.04 Å². The van der Waals surface area contributed by atoms with Gasteiger partial charge in [-0.1, -0.05) is 0 Å². The Labute approximate surface area is 122 Å². The maximum absolute atomic E-state index is 12.6. The van der Waals surface area contributed by atoms with Gasteiger partial charge < -0.3 is 5.32 Å². The molecule has 0 aliphatic rings. The lowest BCUT2D eigenvalue weighted by Crippen LogP contribution is -2.05. The lowest BCUT2D eigenvalue weighted by atomic mass is 10.2. The first-order valence-electron chi connectivity index (χ1n) is 5.95. The Morgan fingerprint density at radius 3 is 2.50 bits per heavy atom. The number of anilines is 2. The van der Waals surface area contributed by atoms with Crippen molar-refractivity contribution in [3.63, 3.8) is 0 Å². The topological polar surface area (TPSA) is 29.9 Å². The fourth-order valence-electron chi connectivity index (χ4n) is 1.63. The molecule has 0 amide bonds. The minimum absolute atomic E-state index is 0.224. The summed E-state index contributed by atoms with van der Waals surface area (Å²) < 4.78 is 39.8. The van der Waals surface area contributed by atoms with E-state index in [1.54, 1.807) is 17.1 Å². The van der Waals surface area contributed by atoms with Crippen molar-refractivity contribution in [3.05, 3.63) is 40.6 Å². The molecule has 1 N–H and O–H groups in total. The first-order valence-corrected chi connectivity index (χ1v) is 6.74. The second-order valence-electron chi connectivity index (χ2n) is 4.62. The van der Waals surface area contributed by atoms with Gasteiger partial charge in [-0.15, -0.1) is 0 Å². The fraction of sp³-hybridized carbons (Fsp3) is 0.308. The highest BCUT2D eigenvalue weighted by Gasteiger charge is 2.30. The third-order valence-electron chi connectivity index (χ3n) is 2.71. The van der Waals surface area contributed by atoms with Crippen LogP contribution in [0.2, 0.25) is 0 Å². The third-order valence-corrected chi connectivity index (χ3v) is 3.36. The van der Waals surface area contributed by atoms with Crippen LogP contribution in [0.15, 0.2) is 35.1 Å². The van der Waals surface area contributed by atoms with E-state index in [1.807, 2.05) is 13.8 Å². The van der Waals surface area contributed by atoms with Crippen LogP contribution in [0.3, 0.4) is 0 Å². The van der Waals surface area contributed by atoms with Crippen LogP contribution in [0.4, 0.5) is 24.5 Å². The van der Waals surface area contributed by atoms with Crippen LogP contribution in [-0.2, 0) is 6.18 Å². The van der Waals surface area contributed by atoms with Crippen LogP contribution >= 0.6 is 15.9 Å². The number of rotatable bonds is 3. The van der Waals surface area contributed by atoms with Crippen LogP contribution in [0, 0.1) is 0 Å². The van der Waals surface area contributed by atoms with Crippen molar-refractivity contribution in [1.82, 2.24) is 9.78 Å². The molecule has 1 heterocycles. The van der Waals surface area contributed by atoms with Gasteiger partial charge in [-0.05, 0) is 48.0 Å². The van der Waals surface area contributed by atoms with Crippen molar-refractivity contribution in [2.24, 2.45) is 0 Å². The van der Waals surface area contributed by atoms with E-state index in [4.69, 9.17) is 0 Å². The van der Waals surface area contributed by atoms with Gasteiger partial charge in [0.25, 0.3) is 0 Å². The molecule has 0 fully saturated rings. The monoisotopic (exact) mass is 347 g/mol. The predicted octanol–water partition coefficient (Wildman–Crippen LogP) is 4.99. The summed E-state index contributed by atoms with van der Waals surface area (Å²) in [4.78, 5) is 0. The molecule has 0 saturated carbocycles. The second-order valence-corrected chi connectivity index (χ2v) is 5.47. The molecular weight excluding hydrogens is 335 g/mol. The molecule has 0 radical (unpaired) electrons. The smallest absolute Gasteiger partial charge is 0.352 e. The van der Waals surface area contributed by atoms with Gasteiger partial charge in [-0.2, -0.15) is 18.3 Å². The minimum atomic E-state index is -4.34. The zero-order chi connectivity index (χ0) is 14.9. The molecule has 108 valence electrons. The summed E-state index contributed by atoms with van der Waals surface area (Å²) >= 11 is 3.14. The van der Waals surface area contributed by atoms with Crippen LogP contribution < -0.4 is 5.32 Å². The second kappa shape index (κ2) is 5.47. The van der Waals surface area contributed by atoms with Crippen LogP contribution in [-0.4, -0.2) is 9.78 Å². The third kappa shape index (κ3) is 3.33. The van der Waals surface area contributed by atoms with E-state index in [0.29, 0.717) is 10.2 Å². The van der Waals surface area contributed by atoms with Crippen molar-refractivity contribution in [3.8, 4) is 0 Å². The number of aromatic nitrogens is 2. The Hall–Kier alpha value is -1.50. The summed E-state index contributed by atoms with van der Waals surface area (Å²) in [7, 11) is 0. The number of halogens is 4. The predicted molar refractivity (Wildman–Crippen MR) is 75.0 cm³/mol. The Morgan fingerprint density at radius 1 is 1.30 bits per heavy atom. The maximum atomic E-state index is 12.6. The fourth-order valence-corrected chi connectivity index (χ4v) is 2.11. The molecule has 20 heavy (non-hydrogen) atoms. The summed E-state index contributed by atoms with van der Waals surface area (Å²) in [5.74, 6) is 0. The van der Waals surface area contributed by atoms with Gasteiger partial charge in [0.1, 0.15) is 0 Å². The van der Waals surface area contributed by atoms with Gasteiger partial charge >= 0.3 is 6.18 Å². The Balaban J connectivity index is 2.21. The maximum Gasteiger partial charge on any atom is 0.416 e. The summed E-state index contributed by atoms with van der Waals surface area (Å²) in [5.41, 5.74) is 0.591. The molecule has 7 heteroatoms. The SMILES string of the molecule is CC(C)n1cc(Nc2ccc(C(F)(F)F)cc2Br)cn1. The molecular formula is C13H13BrF3N3. The summed E-state index contributed by atoms with van der Waals surface area (Å²) in [6.07, 6.45) is -0.914. The first-order chi connectivity index (χ1) is 9.27. The lowest BCUT2D eigenvalue weighted by molar-refractivity contribution is -0.137. The number of hydrogen-bond donors (Lipinski definition) is 1. The molecule has 0 atom stereocenters. The summed E-state index contributed by atoms with van der Waals surface area (Å²) in [6, 6.07) is 3.70. The van der Waals surface area contributed by atoms with Gasteiger partial charge in [-0.25, -0.2) is 0 Å². The van der Waals surface area contributed by atoms with Crippen molar-refractivity contribution < 1.29 is 13.2 Å². The van der Waals surface area contributed by atoms with Gasteiger partial charge in [0.05, 0.1) is 23.1 Å². The van der Waals surface area contributed by atoms with Crippen LogP contribution in [0.5, 0.6) is 0 Å². The quantitative estimate of drug-likeness (QED) is 0.847. The first kappa shape index (κ1) is 14.9. The molecule has 2 aromatic rings. The Bertz CT molecular complexity index is 605. The minimum Gasteiger partial charge on any atom is -0.352 e. The molecule has 0 aliphatic carbocycles. The molecule has 3 nitrogen and oxygen atoms in total. The van der Waals surface area contributed by atoms with Gasteiger partial charge in [0, 0.05) is 16.7 Å². The van der Waals surface area contributed by atoms with Gasteiger partial charge in [0.2, 0.25) is 0 Å². The van der Waals surface area contributed by atoms with Crippen LogP contribution in [0.25, 0.3) is 0 Å². The van der Waals surface area contributed by atoms with E-state index in [1.165, 1.54) is 6.07 Å². The van der Waals surface area contributed by atoms with E-state index in [9.17, 15) is 13.2 Å². The van der Waals surface area contributed by atoms with Gasteiger partial charge in [-0.3, -0.25) is 4.68 Å². The number of benzene rings is 1. The Kier molecular flexibility index (Phi) is 4.08. The molecule has 0 aliphatic heterocycles. The zero-order valence-corrected chi connectivity index (χ0v) is 12.5. The van der Waals surface area contributed by atoms with Crippen molar-refractivity contribution in [2.45, 2.75) is 26.1 Å². The van der Waals surface area contributed by atoms with Crippen LogP contribution in [0.1, 0.15) is 25.5 Å². The lowest BCUT2D eigenvalue weighted by Gasteiger charge is -2.11. The molecule has 0 unspecified atom stereocenters. The molecule has 0 spiro atoms. The van der Waals surface area contributed by atoms with Crippen molar-refractivity contribution in [2.75, 3.05) is 5.32 Å². The number of nitrogens with zero attached hydrogens (tertiary/aromatic N) is 2. The number of nitrogens with one attached hydrogen (secondary N) is 1. The Morgan fingerprint density at radius 2 is 2.00 bits per heavy atom. The van der Waals surface area contributed by atoms with Crippen molar-refractivity contribution >= 4 is 27.3 Å². The highest BCUT2D eigenvalue weighted by atomic mass is 79.9. The zero-order valence-electron chi connectivity index (χ0n) is 10.9. The van der Waals surface area contributed by atoms with Gasteiger partial charge in [0.15, 0.2) is 0 Å². The molecule has 2 rings (SSSR count). The average Bonchev–Trinajstić information content (AvgIpc) is 2.79. The average molecular weight is 348 g/mol. The highest BCUT2D eigenvalue weighted by molar-refractivity contribution is 9.10. The molecule has 1 aromatic heterocycles.